The highest BCUT2D eigenvalue weighted by Gasteiger charge is 2.05. The van der Waals surface area contributed by atoms with Crippen LogP contribution >= 0.6 is 0 Å². The molecule has 0 aliphatic carbocycles. The lowest BCUT2D eigenvalue weighted by molar-refractivity contribution is -0.114. The minimum absolute atomic E-state index is 0.0903. The van der Waals surface area contributed by atoms with Gasteiger partial charge in [-0.1, -0.05) is 0 Å². The Morgan fingerprint density at radius 1 is 1.40 bits per heavy atom. The van der Waals surface area contributed by atoms with Crippen molar-refractivity contribution in [2.75, 3.05) is 0 Å². The Labute approximate surface area is 61.1 Å². The van der Waals surface area contributed by atoms with Crippen molar-refractivity contribution in [3.63, 3.8) is 0 Å². The third-order valence-electron chi connectivity index (χ3n) is 1.64. The number of hydrogen-bond acceptors (Lipinski definition) is 2. The van der Waals surface area contributed by atoms with Crippen LogP contribution in [0.5, 0.6) is 0 Å². The molecule has 0 aliphatic heterocycles. The van der Waals surface area contributed by atoms with Gasteiger partial charge in [-0.05, 0) is 26.3 Å². The highest BCUT2D eigenvalue weighted by Crippen LogP contribution is 2.04. The van der Waals surface area contributed by atoms with Crippen molar-refractivity contribution in [3.05, 3.63) is 11.1 Å². The predicted octanol–water partition coefficient (Wildman–Crippen LogP) is 0.155. The van der Waals surface area contributed by atoms with Gasteiger partial charge in [-0.15, -0.1) is 0 Å². The quantitative estimate of drug-likeness (QED) is 0.539. The highest BCUT2D eigenvalue weighted by molar-refractivity contribution is 5.92. The average molecular weight is 142 g/mol. The topological polar surface area (TPSA) is 69.1 Å². The van der Waals surface area contributed by atoms with Crippen LogP contribution in [-0.2, 0) is 4.79 Å². The van der Waals surface area contributed by atoms with Gasteiger partial charge in [0.25, 0.3) is 0 Å². The molecule has 0 saturated carbocycles. The summed E-state index contributed by atoms with van der Waals surface area (Å²) in [5.41, 5.74) is 12.0. The van der Waals surface area contributed by atoms with E-state index in [0.717, 1.165) is 5.57 Å². The lowest BCUT2D eigenvalue weighted by Gasteiger charge is -2.07. The minimum Gasteiger partial charge on any atom is -0.366 e. The van der Waals surface area contributed by atoms with Gasteiger partial charge in [0.2, 0.25) is 5.91 Å². The zero-order valence-corrected chi connectivity index (χ0v) is 6.64. The largest absolute Gasteiger partial charge is 0.366 e. The van der Waals surface area contributed by atoms with Crippen LogP contribution in [-0.4, -0.2) is 11.9 Å². The molecule has 3 nitrogen and oxygen atoms in total. The Morgan fingerprint density at radius 3 is 1.90 bits per heavy atom. The maximum absolute atomic E-state index is 10.6. The summed E-state index contributed by atoms with van der Waals surface area (Å²) in [5.74, 6) is -0.394. The summed E-state index contributed by atoms with van der Waals surface area (Å²) < 4.78 is 0. The Bertz CT molecular complexity index is 170. The first kappa shape index (κ1) is 9.17. The van der Waals surface area contributed by atoms with Crippen LogP contribution in [0, 0.1) is 0 Å². The van der Waals surface area contributed by atoms with E-state index < -0.39 is 5.91 Å². The molecule has 0 aliphatic rings. The van der Waals surface area contributed by atoms with E-state index in [-0.39, 0.29) is 6.04 Å². The molecular weight excluding hydrogens is 128 g/mol. The molecule has 0 saturated heterocycles. The van der Waals surface area contributed by atoms with Crippen molar-refractivity contribution in [2.45, 2.75) is 26.8 Å². The van der Waals surface area contributed by atoms with Crippen LogP contribution in [0.2, 0.25) is 0 Å². The Hall–Kier alpha value is -0.830. The van der Waals surface area contributed by atoms with Crippen LogP contribution in [0.15, 0.2) is 11.1 Å². The van der Waals surface area contributed by atoms with Gasteiger partial charge in [0, 0.05) is 11.6 Å². The van der Waals surface area contributed by atoms with E-state index in [2.05, 4.69) is 0 Å². The van der Waals surface area contributed by atoms with Crippen molar-refractivity contribution in [3.8, 4) is 0 Å². The molecular formula is C7H14N2O. The molecule has 0 aromatic heterocycles. The van der Waals surface area contributed by atoms with E-state index in [9.17, 15) is 4.79 Å². The number of hydrogen-bond donors (Lipinski definition) is 2. The minimum atomic E-state index is -0.394. The van der Waals surface area contributed by atoms with Gasteiger partial charge in [0.05, 0.1) is 0 Å². The summed E-state index contributed by atoms with van der Waals surface area (Å²) >= 11 is 0. The zero-order valence-electron chi connectivity index (χ0n) is 6.64. The summed E-state index contributed by atoms with van der Waals surface area (Å²) in [5, 5.41) is 0. The van der Waals surface area contributed by atoms with Crippen molar-refractivity contribution >= 4 is 5.91 Å². The second-order valence-corrected chi connectivity index (χ2v) is 2.46. The third-order valence-corrected chi connectivity index (χ3v) is 1.64. The maximum Gasteiger partial charge on any atom is 0.244 e. The second kappa shape index (κ2) is 3.37. The zero-order chi connectivity index (χ0) is 8.31. The molecule has 0 bridgehead atoms. The summed E-state index contributed by atoms with van der Waals surface area (Å²) in [6.07, 6.45) is 0. The molecule has 4 N–H and O–H groups in total. The van der Waals surface area contributed by atoms with Crippen LogP contribution < -0.4 is 11.5 Å². The van der Waals surface area contributed by atoms with Crippen LogP contribution in [0.1, 0.15) is 20.8 Å². The summed E-state index contributed by atoms with van der Waals surface area (Å²) in [6, 6.07) is -0.0903. The molecule has 1 atom stereocenters. The first-order valence-corrected chi connectivity index (χ1v) is 3.19. The fourth-order valence-electron chi connectivity index (χ4n) is 0.536. The van der Waals surface area contributed by atoms with Gasteiger partial charge in [0.15, 0.2) is 0 Å². The van der Waals surface area contributed by atoms with Gasteiger partial charge < -0.3 is 11.5 Å². The molecule has 0 aromatic rings. The van der Waals surface area contributed by atoms with Crippen LogP contribution in [0.3, 0.4) is 0 Å². The normalized spacial score (nSPS) is 16.0. The van der Waals surface area contributed by atoms with Crippen molar-refractivity contribution in [1.29, 1.82) is 0 Å². The monoisotopic (exact) mass is 142 g/mol. The van der Waals surface area contributed by atoms with E-state index in [1.807, 2.05) is 13.8 Å². The molecule has 10 heavy (non-hydrogen) atoms. The first-order valence-electron chi connectivity index (χ1n) is 3.19. The van der Waals surface area contributed by atoms with Crippen LogP contribution in [0.4, 0.5) is 0 Å². The third kappa shape index (κ3) is 2.19. The smallest absolute Gasteiger partial charge is 0.244 e. The van der Waals surface area contributed by atoms with E-state index >= 15 is 0 Å². The van der Waals surface area contributed by atoms with Gasteiger partial charge >= 0.3 is 0 Å². The fourth-order valence-corrected chi connectivity index (χ4v) is 0.536. The lowest BCUT2D eigenvalue weighted by atomic mass is 10.1. The highest BCUT2D eigenvalue weighted by atomic mass is 16.1. The van der Waals surface area contributed by atoms with Crippen molar-refractivity contribution in [2.24, 2.45) is 11.5 Å². The predicted molar refractivity (Wildman–Crippen MR) is 41.2 cm³/mol. The molecule has 0 heterocycles. The van der Waals surface area contributed by atoms with Crippen molar-refractivity contribution < 1.29 is 4.79 Å². The van der Waals surface area contributed by atoms with Gasteiger partial charge in [-0.2, -0.15) is 0 Å². The number of nitrogens with two attached hydrogens (primary N) is 2. The van der Waals surface area contributed by atoms with E-state index in [4.69, 9.17) is 11.5 Å². The number of rotatable bonds is 2. The summed E-state index contributed by atoms with van der Waals surface area (Å²) in [6.45, 7) is 5.31. The molecule has 1 unspecified atom stereocenters. The molecule has 0 fully saturated rings. The maximum atomic E-state index is 10.6. The number of carbonyl (C=O) groups excluding carboxylic acids is 1. The molecule has 0 spiro atoms. The van der Waals surface area contributed by atoms with Crippen molar-refractivity contribution in [1.82, 2.24) is 0 Å². The summed E-state index contributed by atoms with van der Waals surface area (Å²) in [4.78, 5) is 10.6. The number of amides is 1. The Kier molecular flexibility index (Phi) is 3.09. The molecule has 1 amide bonds. The van der Waals surface area contributed by atoms with Gasteiger partial charge in [0.1, 0.15) is 0 Å². The number of primary amides is 1. The van der Waals surface area contributed by atoms with E-state index in [0.29, 0.717) is 5.57 Å². The molecule has 58 valence electrons. The Morgan fingerprint density at radius 2 is 1.80 bits per heavy atom. The molecule has 0 radical (unpaired) electrons. The Balaban J connectivity index is 4.50. The molecule has 3 heteroatoms. The number of carbonyl (C=O) groups is 1. The van der Waals surface area contributed by atoms with Gasteiger partial charge in [-0.25, -0.2) is 0 Å². The fraction of sp³-hybridized carbons (Fsp3) is 0.571. The standard InChI is InChI=1S/C7H14N2O/c1-4(6(3)8)5(2)7(9)10/h6H,8H2,1-3H3,(H2,9,10). The molecule has 0 rings (SSSR count). The van der Waals surface area contributed by atoms with Gasteiger partial charge in [-0.3, -0.25) is 4.79 Å². The van der Waals surface area contributed by atoms with E-state index in [1.165, 1.54) is 0 Å². The van der Waals surface area contributed by atoms with Crippen LogP contribution in [0.25, 0.3) is 0 Å². The first-order chi connectivity index (χ1) is 4.46. The summed E-state index contributed by atoms with van der Waals surface area (Å²) in [7, 11) is 0. The average Bonchev–Trinajstić information content (AvgIpc) is 1.84. The SMILES string of the molecule is CC(C(N)=O)=C(C)C(C)N. The lowest BCUT2D eigenvalue weighted by Crippen LogP contribution is -2.22. The molecule has 0 aromatic carbocycles. The second-order valence-electron chi connectivity index (χ2n) is 2.46. The van der Waals surface area contributed by atoms with E-state index in [1.54, 1.807) is 6.92 Å².